The maximum atomic E-state index is 12.1. The number of H-pyrrole nitrogens is 1. The Kier molecular flexibility index (Phi) is 3.29. The lowest BCUT2D eigenvalue weighted by Crippen LogP contribution is -2.36. The molecule has 0 spiro atoms. The van der Waals surface area contributed by atoms with Gasteiger partial charge in [0.05, 0.1) is 0 Å². The largest absolute Gasteiger partial charge is 0.336 e. The first kappa shape index (κ1) is 13.8. The Morgan fingerprint density at radius 3 is 2.48 bits per heavy atom. The molecular formula is C14H13BrN4O2. The van der Waals surface area contributed by atoms with Crippen LogP contribution in [-0.2, 0) is 20.5 Å². The highest BCUT2D eigenvalue weighted by atomic mass is 79.9. The molecule has 7 heteroatoms. The molecule has 1 N–H and O–H groups in total. The summed E-state index contributed by atoms with van der Waals surface area (Å²) < 4.78 is 3.45. The molecular weight excluding hydrogens is 336 g/mol. The Labute approximate surface area is 128 Å². The normalized spacial score (nSPS) is 11.2. The van der Waals surface area contributed by atoms with Crippen molar-refractivity contribution >= 4 is 27.1 Å². The summed E-state index contributed by atoms with van der Waals surface area (Å²) in [6, 6.07) is 7.86. The number of imidazole rings is 1. The first-order valence-electron chi connectivity index (χ1n) is 6.36. The minimum absolute atomic E-state index is 0.353. The maximum absolute atomic E-state index is 12.1. The fourth-order valence-corrected chi connectivity index (χ4v) is 2.52. The average molecular weight is 349 g/mol. The average Bonchev–Trinajstić information content (AvgIpc) is 2.89. The second-order valence-corrected chi connectivity index (χ2v) is 5.81. The number of hydrogen-bond donors (Lipinski definition) is 1. The Morgan fingerprint density at radius 1 is 1.14 bits per heavy atom. The number of nitrogens with zero attached hydrogens (tertiary/aromatic N) is 3. The van der Waals surface area contributed by atoms with Crippen LogP contribution in [-0.4, -0.2) is 19.1 Å². The molecule has 0 aliphatic rings. The molecule has 0 amide bonds. The predicted octanol–water partition coefficient (Wildman–Crippen LogP) is 1.31. The van der Waals surface area contributed by atoms with E-state index in [1.54, 1.807) is 7.05 Å². The minimum Gasteiger partial charge on any atom is -0.336 e. The maximum Gasteiger partial charge on any atom is 0.332 e. The second kappa shape index (κ2) is 5.00. The number of nitrogens with one attached hydrogen (secondary N) is 1. The van der Waals surface area contributed by atoms with Crippen LogP contribution in [0.2, 0.25) is 0 Å². The van der Waals surface area contributed by atoms with Crippen LogP contribution in [0.4, 0.5) is 0 Å². The van der Waals surface area contributed by atoms with Crippen molar-refractivity contribution in [1.29, 1.82) is 0 Å². The number of fused-ring (bicyclic) bond motifs is 1. The van der Waals surface area contributed by atoms with Crippen molar-refractivity contribution in [2.75, 3.05) is 0 Å². The Balaban J connectivity index is 2.12. The van der Waals surface area contributed by atoms with Gasteiger partial charge in [-0.15, -0.1) is 0 Å². The van der Waals surface area contributed by atoms with Crippen molar-refractivity contribution in [3.8, 4) is 0 Å². The van der Waals surface area contributed by atoms with Crippen molar-refractivity contribution in [2.24, 2.45) is 14.1 Å². The fraction of sp³-hybridized carbons (Fsp3) is 0.214. The fourth-order valence-electron chi connectivity index (χ4n) is 2.25. The molecule has 108 valence electrons. The quantitative estimate of drug-likeness (QED) is 0.758. The lowest BCUT2D eigenvalue weighted by atomic mass is 10.1. The lowest BCUT2D eigenvalue weighted by Gasteiger charge is -2.00. The third-order valence-electron chi connectivity index (χ3n) is 3.43. The van der Waals surface area contributed by atoms with Crippen LogP contribution < -0.4 is 11.2 Å². The molecule has 3 rings (SSSR count). The minimum atomic E-state index is -0.380. The van der Waals surface area contributed by atoms with E-state index in [1.807, 2.05) is 24.3 Å². The Hall–Kier alpha value is -2.15. The summed E-state index contributed by atoms with van der Waals surface area (Å²) in [5.41, 5.74) is 1.07. The Bertz CT molecular complexity index is 934. The van der Waals surface area contributed by atoms with Gasteiger partial charge >= 0.3 is 5.69 Å². The van der Waals surface area contributed by atoms with Gasteiger partial charge in [0, 0.05) is 25.0 Å². The number of benzene rings is 1. The molecule has 6 nitrogen and oxygen atoms in total. The van der Waals surface area contributed by atoms with Gasteiger partial charge in [-0.2, -0.15) is 0 Å². The first-order chi connectivity index (χ1) is 9.97. The van der Waals surface area contributed by atoms with Gasteiger partial charge in [0.1, 0.15) is 11.3 Å². The van der Waals surface area contributed by atoms with Crippen molar-refractivity contribution in [3.05, 3.63) is 61.0 Å². The van der Waals surface area contributed by atoms with E-state index in [1.165, 1.54) is 11.6 Å². The van der Waals surface area contributed by atoms with E-state index >= 15 is 0 Å². The summed E-state index contributed by atoms with van der Waals surface area (Å²) in [6.07, 6.45) is 0.569. The molecule has 1 aromatic carbocycles. The number of aromatic amines is 1. The summed E-state index contributed by atoms with van der Waals surface area (Å²) >= 11 is 3.39. The van der Waals surface area contributed by atoms with Crippen LogP contribution >= 0.6 is 15.9 Å². The van der Waals surface area contributed by atoms with Gasteiger partial charge < -0.3 is 4.98 Å². The van der Waals surface area contributed by atoms with Gasteiger partial charge in [-0.3, -0.25) is 13.9 Å². The summed E-state index contributed by atoms with van der Waals surface area (Å²) in [5, 5.41) is 0. The van der Waals surface area contributed by atoms with E-state index in [0.29, 0.717) is 23.4 Å². The zero-order valence-corrected chi connectivity index (χ0v) is 13.1. The zero-order chi connectivity index (χ0) is 15.1. The SMILES string of the molecule is Cn1c(=O)c2[nH]c(Cc3ccc(Br)cc3)nc2n(C)c1=O. The summed E-state index contributed by atoms with van der Waals surface area (Å²) in [4.78, 5) is 31.4. The van der Waals surface area contributed by atoms with Crippen molar-refractivity contribution in [1.82, 2.24) is 19.1 Å². The van der Waals surface area contributed by atoms with Crippen LogP contribution in [0.3, 0.4) is 0 Å². The van der Waals surface area contributed by atoms with E-state index in [-0.39, 0.29) is 11.2 Å². The van der Waals surface area contributed by atoms with Gasteiger partial charge in [-0.25, -0.2) is 9.78 Å². The number of aryl methyl sites for hydroxylation is 1. The number of rotatable bonds is 2. The highest BCUT2D eigenvalue weighted by molar-refractivity contribution is 9.10. The molecule has 0 radical (unpaired) electrons. The third-order valence-corrected chi connectivity index (χ3v) is 3.96. The smallest absolute Gasteiger partial charge is 0.332 e. The third kappa shape index (κ3) is 2.33. The van der Waals surface area contributed by atoms with Crippen LogP contribution in [0.15, 0.2) is 38.3 Å². The van der Waals surface area contributed by atoms with Gasteiger partial charge in [0.25, 0.3) is 5.56 Å². The van der Waals surface area contributed by atoms with Gasteiger partial charge in [0.15, 0.2) is 5.65 Å². The van der Waals surface area contributed by atoms with E-state index in [9.17, 15) is 9.59 Å². The first-order valence-corrected chi connectivity index (χ1v) is 7.15. The Morgan fingerprint density at radius 2 is 1.81 bits per heavy atom. The molecule has 0 bridgehead atoms. The summed E-state index contributed by atoms with van der Waals surface area (Å²) in [5.74, 6) is 0.658. The van der Waals surface area contributed by atoms with Crippen molar-refractivity contribution < 1.29 is 0 Å². The monoisotopic (exact) mass is 348 g/mol. The molecule has 0 atom stereocenters. The number of aromatic nitrogens is 4. The van der Waals surface area contributed by atoms with Crippen molar-refractivity contribution in [2.45, 2.75) is 6.42 Å². The van der Waals surface area contributed by atoms with Gasteiger partial charge in [-0.05, 0) is 17.7 Å². The number of halogens is 1. The molecule has 0 saturated heterocycles. The summed E-state index contributed by atoms with van der Waals surface area (Å²) in [6.45, 7) is 0. The zero-order valence-electron chi connectivity index (χ0n) is 11.6. The predicted molar refractivity (Wildman–Crippen MR) is 83.5 cm³/mol. The molecule has 21 heavy (non-hydrogen) atoms. The van der Waals surface area contributed by atoms with E-state index in [4.69, 9.17) is 0 Å². The molecule has 0 fully saturated rings. The molecule has 2 heterocycles. The lowest BCUT2D eigenvalue weighted by molar-refractivity contribution is 0.708. The van der Waals surface area contributed by atoms with Gasteiger partial charge in [-0.1, -0.05) is 28.1 Å². The van der Waals surface area contributed by atoms with E-state index in [2.05, 4.69) is 25.9 Å². The van der Waals surface area contributed by atoms with E-state index < -0.39 is 0 Å². The molecule has 0 saturated carbocycles. The molecule has 3 aromatic rings. The van der Waals surface area contributed by atoms with E-state index in [0.717, 1.165) is 14.6 Å². The van der Waals surface area contributed by atoms with Crippen LogP contribution in [0.5, 0.6) is 0 Å². The molecule has 0 aliphatic carbocycles. The standard InChI is InChI=1S/C14H13BrN4O2/c1-18-12-11(13(20)19(2)14(18)21)16-10(17-12)7-8-3-5-9(15)6-4-8/h3-6H,7H2,1-2H3,(H,16,17). The second-order valence-electron chi connectivity index (χ2n) is 4.89. The van der Waals surface area contributed by atoms with Crippen molar-refractivity contribution in [3.63, 3.8) is 0 Å². The topological polar surface area (TPSA) is 72.7 Å². The molecule has 2 aromatic heterocycles. The van der Waals surface area contributed by atoms with Gasteiger partial charge in [0.2, 0.25) is 0 Å². The molecule has 0 unspecified atom stereocenters. The van der Waals surface area contributed by atoms with Crippen LogP contribution in [0, 0.1) is 0 Å². The highest BCUT2D eigenvalue weighted by Gasteiger charge is 2.13. The summed E-state index contributed by atoms with van der Waals surface area (Å²) in [7, 11) is 3.06. The molecule has 0 aliphatic heterocycles. The highest BCUT2D eigenvalue weighted by Crippen LogP contribution is 2.14. The van der Waals surface area contributed by atoms with Crippen LogP contribution in [0.1, 0.15) is 11.4 Å². The van der Waals surface area contributed by atoms with Crippen LogP contribution in [0.25, 0.3) is 11.2 Å². The number of hydrogen-bond acceptors (Lipinski definition) is 3.